The summed E-state index contributed by atoms with van der Waals surface area (Å²) in [6.45, 7) is 1.35. The number of carbonyl (C=O) groups is 2. The van der Waals surface area contributed by atoms with Gasteiger partial charge in [-0.1, -0.05) is 60.6 Å². The first kappa shape index (κ1) is 28.6. The van der Waals surface area contributed by atoms with Crippen LogP contribution in [0.1, 0.15) is 44.6 Å². The van der Waals surface area contributed by atoms with Gasteiger partial charge < -0.3 is 10.2 Å². The van der Waals surface area contributed by atoms with Crippen molar-refractivity contribution in [2.45, 2.75) is 57.7 Å². The van der Waals surface area contributed by atoms with Crippen LogP contribution in [-0.2, 0) is 26.2 Å². The third kappa shape index (κ3) is 7.51. The van der Waals surface area contributed by atoms with Gasteiger partial charge in [0, 0.05) is 27.7 Å². The van der Waals surface area contributed by atoms with Gasteiger partial charge in [-0.15, -0.1) is 0 Å². The predicted octanol–water partition coefficient (Wildman–Crippen LogP) is 5.28. The maximum absolute atomic E-state index is 13.7. The van der Waals surface area contributed by atoms with Crippen LogP contribution in [0.2, 0.25) is 15.1 Å². The Bertz CT molecular complexity index is 1190. The number of nitrogens with zero attached hydrogens (tertiary/aromatic N) is 2. The first-order valence-corrected chi connectivity index (χ1v) is 14.7. The summed E-state index contributed by atoms with van der Waals surface area (Å²) in [5, 5.41) is 4.29. The van der Waals surface area contributed by atoms with Gasteiger partial charge in [-0.3, -0.25) is 13.9 Å². The molecule has 0 bridgehead atoms. The summed E-state index contributed by atoms with van der Waals surface area (Å²) < 4.78 is 26.3. The third-order valence-corrected chi connectivity index (χ3v) is 8.22. The Morgan fingerprint density at radius 1 is 1.03 bits per heavy atom. The second-order valence-electron chi connectivity index (χ2n) is 8.92. The highest BCUT2D eigenvalue weighted by atomic mass is 35.5. The zero-order chi connectivity index (χ0) is 26.5. The summed E-state index contributed by atoms with van der Waals surface area (Å²) in [5.74, 6) is -0.796. The van der Waals surface area contributed by atoms with Crippen molar-refractivity contribution in [2.75, 3.05) is 17.1 Å². The van der Waals surface area contributed by atoms with Crippen molar-refractivity contribution in [3.63, 3.8) is 0 Å². The van der Waals surface area contributed by atoms with E-state index in [4.69, 9.17) is 34.8 Å². The number of sulfonamides is 1. The summed E-state index contributed by atoms with van der Waals surface area (Å²) in [6.07, 6.45) is 5.27. The molecule has 2 aromatic rings. The normalized spacial score (nSPS) is 14.9. The summed E-state index contributed by atoms with van der Waals surface area (Å²) in [4.78, 5) is 28.4. The van der Waals surface area contributed by atoms with Gasteiger partial charge >= 0.3 is 0 Å². The molecule has 0 aromatic heterocycles. The van der Waals surface area contributed by atoms with Crippen molar-refractivity contribution in [3.05, 3.63) is 63.1 Å². The zero-order valence-electron chi connectivity index (χ0n) is 20.2. The number of hydrogen-bond acceptors (Lipinski definition) is 4. The molecule has 1 fully saturated rings. The molecule has 1 saturated carbocycles. The smallest absolute Gasteiger partial charge is 0.244 e. The van der Waals surface area contributed by atoms with Crippen LogP contribution in [0.15, 0.2) is 42.5 Å². The zero-order valence-corrected chi connectivity index (χ0v) is 23.3. The fourth-order valence-electron chi connectivity index (χ4n) is 4.34. The summed E-state index contributed by atoms with van der Waals surface area (Å²) >= 11 is 18.4. The lowest BCUT2D eigenvalue weighted by Crippen LogP contribution is -2.53. The lowest BCUT2D eigenvalue weighted by Gasteiger charge is -2.33. The molecule has 1 aliphatic carbocycles. The molecule has 0 radical (unpaired) electrons. The van der Waals surface area contributed by atoms with Crippen molar-refractivity contribution in [1.82, 2.24) is 10.2 Å². The van der Waals surface area contributed by atoms with Crippen molar-refractivity contribution >= 4 is 62.3 Å². The lowest BCUT2D eigenvalue weighted by molar-refractivity contribution is -0.140. The van der Waals surface area contributed by atoms with Crippen LogP contribution in [0.25, 0.3) is 0 Å². The lowest BCUT2D eigenvalue weighted by atomic mass is 10.1. The second-order valence-corrected chi connectivity index (χ2v) is 12.1. The molecule has 1 atom stereocenters. The van der Waals surface area contributed by atoms with E-state index < -0.39 is 28.5 Å². The van der Waals surface area contributed by atoms with E-state index in [1.165, 1.54) is 17.0 Å². The number of rotatable bonds is 10. The van der Waals surface area contributed by atoms with Crippen molar-refractivity contribution < 1.29 is 18.0 Å². The van der Waals surface area contributed by atoms with E-state index in [2.05, 4.69) is 5.32 Å². The Morgan fingerprint density at radius 3 is 2.19 bits per heavy atom. The van der Waals surface area contributed by atoms with Crippen LogP contribution in [0.4, 0.5) is 5.69 Å². The van der Waals surface area contributed by atoms with Gasteiger partial charge in [-0.25, -0.2) is 8.42 Å². The number of anilines is 1. The highest BCUT2D eigenvalue weighted by Crippen LogP contribution is 2.26. The van der Waals surface area contributed by atoms with E-state index in [9.17, 15) is 18.0 Å². The molecular formula is C25H30Cl3N3O4S. The van der Waals surface area contributed by atoms with Crippen LogP contribution in [0.3, 0.4) is 0 Å². The SMILES string of the molecule is CC[C@H](C(=O)NC1CCCC1)N(Cc1ccc(Cl)cc1Cl)C(=O)CN(c1ccc(Cl)cc1)S(C)(=O)=O. The largest absolute Gasteiger partial charge is 0.352 e. The minimum Gasteiger partial charge on any atom is -0.352 e. The maximum atomic E-state index is 13.7. The average Bonchev–Trinajstić information content (AvgIpc) is 3.31. The molecule has 196 valence electrons. The molecule has 0 unspecified atom stereocenters. The minimum absolute atomic E-state index is 0.0175. The average molecular weight is 575 g/mol. The van der Waals surface area contributed by atoms with Crippen LogP contribution in [0.5, 0.6) is 0 Å². The summed E-state index contributed by atoms with van der Waals surface area (Å²) in [6, 6.07) is 10.3. The molecule has 2 aromatic carbocycles. The van der Waals surface area contributed by atoms with E-state index in [0.29, 0.717) is 32.7 Å². The molecule has 3 rings (SSSR count). The van der Waals surface area contributed by atoms with Crippen molar-refractivity contribution in [3.8, 4) is 0 Å². The monoisotopic (exact) mass is 573 g/mol. The van der Waals surface area contributed by atoms with Crippen LogP contribution in [-0.4, -0.2) is 50.0 Å². The molecule has 1 N–H and O–H groups in total. The predicted molar refractivity (Wildman–Crippen MR) is 145 cm³/mol. The molecule has 0 spiro atoms. The van der Waals surface area contributed by atoms with Gasteiger partial charge in [-0.2, -0.15) is 0 Å². The minimum atomic E-state index is -3.82. The van der Waals surface area contributed by atoms with E-state index in [1.54, 1.807) is 30.3 Å². The molecule has 0 aliphatic heterocycles. The number of carbonyl (C=O) groups excluding carboxylic acids is 2. The van der Waals surface area contributed by atoms with Gasteiger partial charge in [0.25, 0.3) is 0 Å². The van der Waals surface area contributed by atoms with Crippen molar-refractivity contribution in [2.24, 2.45) is 0 Å². The fraction of sp³-hybridized carbons (Fsp3) is 0.440. The molecule has 0 saturated heterocycles. The van der Waals surface area contributed by atoms with Gasteiger partial charge in [-0.05, 0) is 61.2 Å². The molecule has 36 heavy (non-hydrogen) atoms. The van der Waals surface area contributed by atoms with Crippen LogP contribution in [0, 0.1) is 0 Å². The standard InChI is InChI=1S/C25H30Cl3N3O4S/c1-3-23(25(33)29-20-6-4-5-7-20)30(15-17-8-9-19(27)14-22(17)28)24(32)16-31(36(2,34)35)21-12-10-18(26)11-13-21/h8-14,20,23H,3-7,15-16H2,1-2H3,(H,29,33)/t23-/m1/s1. The van der Waals surface area contributed by atoms with E-state index in [1.807, 2.05) is 6.92 Å². The topological polar surface area (TPSA) is 86.8 Å². The molecule has 2 amide bonds. The van der Waals surface area contributed by atoms with E-state index in [-0.39, 0.29) is 18.5 Å². The molecule has 7 nitrogen and oxygen atoms in total. The Morgan fingerprint density at radius 2 is 1.64 bits per heavy atom. The molecule has 11 heteroatoms. The number of nitrogens with one attached hydrogen (secondary N) is 1. The Labute approximate surface area is 227 Å². The number of halogens is 3. The van der Waals surface area contributed by atoms with Crippen LogP contribution >= 0.6 is 34.8 Å². The van der Waals surface area contributed by atoms with E-state index >= 15 is 0 Å². The molecule has 0 heterocycles. The second kappa shape index (κ2) is 12.5. The summed E-state index contributed by atoms with van der Waals surface area (Å²) in [7, 11) is -3.82. The van der Waals surface area contributed by atoms with Gasteiger partial charge in [0.15, 0.2) is 0 Å². The first-order valence-electron chi connectivity index (χ1n) is 11.8. The highest BCUT2D eigenvalue weighted by molar-refractivity contribution is 7.92. The Hall–Kier alpha value is -2.00. The van der Waals surface area contributed by atoms with Crippen LogP contribution < -0.4 is 9.62 Å². The van der Waals surface area contributed by atoms with Gasteiger partial charge in [0.2, 0.25) is 21.8 Å². The number of amides is 2. The number of benzene rings is 2. The molecular weight excluding hydrogens is 545 g/mol. The maximum Gasteiger partial charge on any atom is 0.244 e. The van der Waals surface area contributed by atoms with Crippen molar-refractivity contribution in [1.29, 1.82) is 0 Å². The fourth-order valence-corrected chi connectivity index (χ4v) is 5.79. The van der Waals surface area contributed by atoms with Gasteiger partial charge in [0.1, 0.15) is 12.6 Å². The highest BCUT2D eigenvalue weighted by Gasteiger charge is 2.33. The summed E-state index contributed by atoms with van der Waals surface area (Å²) in [5.41, 5.74) is 0.891. The number of hydrogen-bond donors (Lipinski definition) is 1. The quantitative estimate of drug-likeness (QED) is 0.418. The third-order valence-electron chi connectivity index (χ3n) is 6.24. The Kier molecular flexibility index (Phi) is 9.92. The Balaban J connectivity index is 1.94. The van der Waals surface area contributed by atoms with Gasteiger partial charge in [0.05, 0.1) is 11.9 Å². The first-order chi connectivity index (χ1) is 17.0. The molecule has 1 aliphatic rings. The van der Waals surface area contributed by atoms with E-state index in [0.717, 1.165) is 36.2 Å².